The molecule has 5 nitrogen and oxygen atoms in total. The van der Waals surface area contributed by atoms with Gasteiger partial charge in [-0.05, 0) is 31.2 Å². The van der Waals surface area contributed by atoms with Gasteiger partial charge in [-0.2, -0.15) is 8.78 Å². The van der Waals surface area contributed by atoms with Crippen molar-refractivity contribution in [3.63, 3.8) is 0 Å². The first-order valence-electron chi connectivity index (χ1n) is 7.23. The van der Waals surface area contributed by atoms with Gasteiger partial charge in [0.1, 0.15) is 11.5 Å². The standard InChI is InChI=1S/C17H19F2N3O2/c1-11-3-6-13(7-4-11)22-17(20)21-10-12-5-8-14(23-2)9-15(12)24-16(18)19/h3-9,16H,10H2,1-2H3,(H3,20,21,22). The number of methoxy groups -OCH3 is 1. The Labute approximate surface area is 139 Å². The van der Waals surface area contributed by atoms with E-state index in [1.165, 1.54) is 13.2 Å². The van der Waals surface area contributed by atoms with Crippen LogP contribution in [-0.4, -0.2) is 19.7 Å². The van der Waals surface area contributed by atoms with Crippen LogP contribution in [0.25, 0.3) is 0 Å². The number of nitrogens with two attached hydrogens (primary N) is 1. The molecule has 0 radical (unpaired) electrons. The van der Waals surface area contributed by atoms with Crippen LogP contribution in [0.1, 0.15) is 11.1 Å². The molecule has 128 valence electrons. The highest BCUT2D eigenvalue weighted by atomic mass is 19.3. The molecule has 0 aliphatic rings. The molecule has 0 amide bonds. The van der Waals surface area contributed by atoms with Crippen LogP contribution in [0.3, 0.4) is 0 Å². The second-order valence-corrected chi connectivity index (χ2v) is 5.04. The van der Waals surface area contributed by atoms with Crippen molar-refractivity contribution in [3.05, 3.63) is 53.6 Å². The summed E-state index contributed by atoms with van der Waals surface area (Å²) >= 11 is 0. The summed E-state index contributed by atoms with van der Waals surface area (Å²) in [5.41, 5.74) is 8.22. The highest BCUT2D eigenvalue weighted by Crippen LogP contribution is 2.27. The molecule has 2 aromatic carbocycles. The number of nitrogens with zero attached hydrogens (tertiary/aromatic N) is 1. The summed E-state index contributed by atoms with van der Waals surface area (Å²) in [5.74, 6) is 0.609. The topological polar surface area (TPSA) is 68.9 Å². The summed E-state index contributed by atoms with van der Waals surface area (Å²) in [6.07, 6.45) is 0. The Balaban J connectivity index is 2.10. The van der Waals surface area contributed by atoms with Crippen molar-refractivity contribution in [3.8, 4) is 11.5 Å². The summed E-state index contributed by atoms with van der Waals surface area (Å²) in [6, 6.07) is 12.3. The molecule has 0 aliphatic heterocycles. The SMILES string of the molecule is COc1ccc(CN=C(N)Nc2ccc(C)cc2)c(OC(F)F)c1. The van der Waals surface area contributed by atoms with Crippen molar-refractivity contribution in [2.75, 3.05) is 12.4 Å². The first-order chi connectivity index (χ1) is 11.5. The van der Waals surface area contributed by atoms with E-state index in [2.05, 4.69) is 15.0 Å². The van der Waals surface area contributed by atoms with Gasteiger partial charge in [0.25, 0.3) is 0 Å². The van der Waals surface area contributed by atoms with Crippen LogP contribution in [0, 0.1) is 6.92 Å². The third-order valence-corrected chi connectivity index (χ3v) is 3.23. The summed E-state index contributed by atoms with van der Waals surface area (Å²) < 4.78 is 34.6. The van der Waals surface area contributed by atoms with Crippen molar-refractivity contribution in [1.29, 1.82) is 0 Å². The highest BCUT2D eigenvalue weighted by molar-refractivity contribution is 5.92. The highest BCUT2D eigenvalue weighted by Gasteiger charge is 2.11. The number of ether oxygens (including phenoxy) is 2. The maximum Gasteiger partial charge on any atom is 0.387 e. The Morgan fingerprint density at radius 2 is 1.92 bits per heavy atom. The number of benzene rings is 2. The van der Waals surface area contributed by atoms with Gasteiger partial charge in [-0.1, -0.05) is 17.7 Å². The fourth-order valence-electron chi connectivity index (χ4n) is 1.99. The second kappa shape index (κ2) is 8.14. The molecule has 0 fully saturated rings. The summed E-state index contributed by atoms with van der Waals surface area (Å²) in [7, 11) is 1.45. The Morgan fingerprint density at radius 1 is 1.21 bits per heavy atom. The fraction of sp³-hybridized carbons (Fsp3) is 0.235. The zero-order valence-corrected chi connectivity index (χ0v) is 13.4. The third-order valence-electron chi connectivity index (χ3n) is 3.23. The largest absolute Gasteiger partial charge is 0.497 e. The van der Waals surface area contributed by atoms with Crippen molar-refractivity contribution in [2.24, 2.45) is 10.7 Å². The Bertz CT molecular complexity index is 703. The minimum Gasteiger partial charge on any atom is -0.497 e. The zero-order valence-electron chi connectivity index (χ0n) is 13.4. The van der Waals surface area contributed by atoms with Crippen LogP contribution in [0.2, 0.25) is 0 Å². The van der Waals surface area contributed by atoms with Gasteiger partial charge in [0, 0.05) is 17.3 Å². The summed E-state index contributed by atoms with van der Waals surface area (Å²) in [4.78, 5) is 4.15. The predicted octanol–water partition coefficient (Wildman–Crippen LogP) is 3.53. The van der Waals surface area contributed by atoms with Crippen molar-refractivity contribution < 1.29 is 18.3 Å². The first kappa shape index (κ1) is 17.5. The lowest BCUT2D eigenvalue weighted by Crippen LogP contribution is -2.22. The molecule has 0 unspecified atom stereocenters. The molecular formula is C17H19F2N3O2. The molecule has 0 heterocycles. The predicted molar refractivity (Wildman–Crippen MR) is 89.8 cm³/mol. The van der Waals surface area contributed by atoms with Gasteiger partial charge in [-0.15, -0.1) is 0 Å². The van der Waals surface area contributed by atoms with Gasteiger partial charge in [0.2, 0.25) is 0 Å². The number of aryl methyl sites for hydroxylation is 1. The molecule has 0 saturated carbocycles. The van der Waals surface area contributed by atoms with E-state index in [-0.39, 0.29) is 18.3 Å². The van der Waals surface area contributed by atoms with Crippen molar-refractivity contribution >= 4 is 11.6 Å². The van der Waals surface area contributed by atoms with Crippen LogP contribution in [0.15, 0.2) is 47.5 Å². The minimum atomic E-state index is -2.93. The van der Waals surface area contributed by atoms with Gasteiger partial charge >= 0.3 is 6.61 Å². The number of hydrogen-bond acceptors (Lipinski definition) is 3. The Hall–Kier alpha value is -2.83. The molecule has 2 aromatic rings. The molecule has 0 saturated heterocycles. The van der Waals surface area contributed by atoms with E-state index >= 15 is 0 Å². The van der Waals surface area contributed by atoms with Gasteiger partial charge in [-0.25, -0.2) is 4.99 Å². The number of anilines is 1. The molecule has 0 atom stereocenters. The molecule has 2 rings (SSSR count). The zero-order chi connectivity index (χ0) is 17.5. The average Bonchev–Trinajstić information content (AvgIpc) is 2.55. The molecule has 3 N–H and O–H groups in total. The Kier molecular flexibility index (Phi) is 5.95. The number of nitrogens with one attached hydrogen (secondary N) is 1. The maximum atomic E-state index is 12.5. The van der Waals surface area contributed by atoms with Crippen molar-refractivity contribution in [1.82, 2.24) is 0 Å². The number of alkyl halides is 2. The summed E-state index contributed by atoms with van der Waals surface area (Å²) in [5, 5.41) is 2.94. The van der Waals surface area contributed by atoms with E-state index in [0.717, 1.165) is 11.3 Å². The van der Waals surface area contributed by atoms with Crippen LogP contribution in [0.5, 0.6) is 11.5 Å². The number of aliphatic imine (C=N–C) groups is 1. The van der Waals surface area contributed by atoms with E-state index in [4.69, 9.17) is 10.5 Å². The molecule has 0 bridgehead atoms. The van der Waals surface area contributed by atoms with Gasteiger partial charge in [-0.3, -0.25) is 0 Å². The monoisotopic (exact) mass is 335 g/mol. The quantitative estimate of drug-likeness (QED) is 0.626. The van der Waals surface area contributed by atoms with E-state index < -0.39 is 6.61 Å². The fourth-order valence-corrected chi connectivity index (χ4v) is 1.99. The first-order valence-corrected chi connectivity index (χ1v) is 7.23. The van der Waals surface area contributed by atoms with Gasteiger partial charge in [0.15, 0.2) is 5.96 Å². The molecule has 0 spiro atoms. The van der Waals surface area contributed by atoms with Crippen LogP contribution >= 0.6 is 0 Å². The summed E-state index contributed by atoms with van der Waals surface area (Å²) in [6.45, 7) is -0.852. The van der Waals surface area contributed by atoms with E-state index in [1.807, 2.05) is 31.2 Å². The van der Waals surface area contributed by atoms with Crippen LogP contribution in [0.4, 0.5) is 14.5 Å². The molecule has 0 aliphatic carbocycles. The van der Waals surface area contributed by atoms with Gasteiger partial charge in [0.05, 0.1) is 13.7 Å². The van der Waals surface area contributed by atoms with Crippen LogP contribution in [-0.2, 0) is 6.54 Å². The maximum absolute atomic E-state index is 12.5. The number of guanidine groups is 1. The molecule has 7 heteroatoms. The molecule has 24 heavy (non-hydrogen) atoms. The minimum absolute atomic E-state index is 0.0104. The molecule has 0 aromatic heterocycles. The van der Waals surface area contributed by atoms with E-state index in [9.17, 15) is 8.78 Å². The van der Waals surface area contributed by atoms with Crippen LogP contribution < -0.4 is 20.5 Å². The lowest BCUT2D eigenvalue weighted by atomic mass is 10.2. The lowest BCUT2D eigenvalue weighted by molar-refractivity contribution is -0.0505. The second-order valence-electron chi connectivity index (χ2n) is 5.04. The number of halogens is 2. The number of hydrogen-bond donors (Lipinski definition) is 2. The lowest BCUT2D eigenvalue weighted by Gasteiger charge is -2.11. The van der Waals surface area contributed by atoms with Crippen molar-refractivity contribution in [2.45, 2.75) is 20.1 Å². The van der Waals surface area contributed by atoms with E-state index in [0.29, 0.717) is 11.3 Å². The average molecular weight is 335 g/mol. The smallest absolute Gasteiger partial charge is 0.387 e. The number of rotatable bonds is 6. The normalized spacial score (nSPS) is 11.5. The molecular weight excluding hydrogens is 316 g/mol. The Morgan fingerprint density at radius 3 is 2.54 bits per heavy atom. The van der Waals surface area contributed by atoms with E-state index in [1.54, 1.807) is 12.1 Å². The van der Waals surface area contributed by atoms with Gasteiger partial charge < -0.3 is 20.5 Å². The third kappa shape index (κ3) is 5.12.